The van der Waals surface area contributed by atoms with Gasteiger partial charge in [-0.25, -0.2) is 0 Å². The minimum Gasteiger partial charge on any atom is -0.293 e. The van der Waals surface area contributed by atoms with Gasteiger partial charge in [0.05, 0.1) is 4.91 Å². The lowest BCUT2D eigenvalue weighted by molar-refractivity contribution is -0.122. The Hall–Kier alpha value is -1.10. The molecule has 0 spiro atoms. The van der Waals surface area contributed by atoms with Crippen LogP contribution in [-0.4, -0.2) is 21.7 Å². The second kappa shape index (κ2) is 6.37. The van der Waals surface area contributed by atoms with Gasteiger partial charge in [0.25, 0.3) is 5.91 Å². The number of likely N-dealkylation sites (N-methyl/N-ethyl adjacent to an activating group) is 1. The highest BCUT2D eigenvalue weighted by Gasteiger charge is 2.29. The molecule has 98 valence electrons. The molecule has 2 nitrogen and oxygen atoms in total. The summed E-state index contributed by atoms with van der Waals surface area (Å²) in [5.41, 5.74) is 0.923. The van der Waals surface area contributed by atoms with Crippen LogP contribution in [0.4, 0.5) is 0 Å². The Bertz CT molecular complexity index is 581. The van der Waals surface area contributed by atoms with Crippen LogP contribution in [0.2, 0.25) is 5.02 Å². The molecule has 1 aliphatic rings. The lowest BCUT2D eigenvalue weighted by Gasteiger charge is -2.09. The molecule has 1 aromatic carbocycles. The Morgan fingerprint density at radius 3 is 2.79 bits per heavy atom. The summed E-state index contributed by atoms with van der Waals surface area (Å²) in [5, 5.41) is 0.688. The highest BCUT2D eigenvalue weighted by molar-refractivity contribution is 8.26. The number of thioether (sulfide) groups is 1. The first-order chi connectivity index (χ1) is 9.13. The molecule has 1 heterocycles. The van der Waals surface area contributed by atoms with E-state index < -0.39 is 0 Å². The van der Waals surface area contributed by atoms with Crippen LogP contribution in [0.25, 0.3) is 6.08 Å². The van der Waals surface area contributed by atoms with Crippen LogP contribution in [-0.2, 0) is 4.79 Å². The molecule has 1 amide bonds. The number of allylic oxidation sites excluding steroid dienone is 2. The zero-order valence-corrected chi connectivity index (χ0v) is 12.7. The summed E-state index contributed by atoms with van der Waals surface area (Å²) in [6.45, 7) is 2.52. The van der Waals surface area contributed by atoms with E-state index in [1.165, 1.54) is 11.8 Å². The summed E-state index contributed by atoms with van der Waals surface area (Å²) >= 11 is 12.5. The Labute approximate surface area is 127 Å². The van der Waals surface area contributed by atoms with Crippen molar-refractivity contribution < 1.29 is 4.79 Å². The van der Waals surface area contributed by atoms with Crippen LogP contribution in [0.15, 0.2) is 41.3 Å². The zero-order chi connectivity index (χ0) is 13.8. The zero-order valence-electron chi connectivity index (χ0n) is 10.3. The minimum absolute atomic E-state index is 0.0266. The van der Waals surface area contributed by atoms with Crippen LogP contribution in [0.1, 0.15) is 12.5 Å². The van der Waals surface area contributed by atoms with Gasteiger partial charge in [-0.1, -0.05) is 65.9 Å². The lowest BCUT2D eigenvalue weighted by atomic mass is 10.2. The third-order valence-corrected chi connectivity index (χ3v) is 4.36. The first-order valence-electron chi connectivity index (χ1n) is 5.80. The van der Waals surface area contributed by atoms with Gasteiger partial charge in [0.1, 0.15) is 4.32 Å². The summed E-state index contributed by atoms with van der Waals surface area (Å²) in [6.07, 6.45) is 5.47. The maximum Gasteiger partial charge on any atom is 0.266 e. The van der Waals surface area contributed by atoms with Crippen molar-refractivity contribution in [3.05, 3.63) is 51.9 Å². The fourth-order valence-electron chi connectivity index (χ4n) is 1.64. The second-order valence-corrected chi connectivity index (χ2v) is 5.91. The molecule has 1 saturated heterocycles. The third kappa shape index (κ3) is 3.26. The van der Waals surface area contributed by atoms with Crippen LogP contribution < -0.4 is 0 Å². The molecule has 0 unspecified atom stereocenters. The SMILES string of the molecule is CCN1C(=O)/C(=C/C=C\c2ccccc2Cl)SC1=S. The second-order valence-electron chi connectivity index (χ2n) is 3.83. The molecule has 19 heavy (non-hydrogen) atoms. The lowest BCUT2D eigenvalue weighted by Crippen LogP contribution is -2.27. The van der Waals surface area contributed by atoms with Crippen molar-refractivity contribution in [3.63, 3.8) is 0 Å². The fourth-order valence-corrected chi connectivity index (χ4v) is 3.17. The van der Waals surface area contributed by atoms with Gasteiger partial charge in [-0.05, 0) is 24.6 Å². The number of amides is 1. The van der Waals surface area contributed by atoms with Gasteiger partial charge in [0, 0.05) is 11.6 Å². The Kier molecular flexibility index (Phi) is 4.80. The topological polar surface area (TPSA) is 20.3 Å². The molecule has 2 rings (SSSR count). The van der Waals surface area contributed by atoms with Crippen molar-refractivity contribution in [3.8, 4) is 0 Å². The molecular weight excluding hydrogens is 298 g/mol. The molecule has 0 bridgehead atoms. The van der Waals surface area contributed by atoms with E-state index in [0.29, 0.717) is 20.8 Å². The summed E-state index contributed by atoms with van der Waals surface area (Å²) < 4.78 is 0.616. The standard InChI is InChI=1S/C14H12ClNOS2/c1-2-16-13(17)12(19-14(16)18)9-5-7-10-6-3-4-8-11(10)15/h3-9H,2H2,1H3/b7-5-,12-9-. The number of carbonyl (C=O) groups is 1. The molecule has 0 aromatic heterocycles. The van der Waals surface area contributed by atoms with Crippen molar-refractivity contribution >= 4 is 51.9 Å². The molecule has 0 radical (unpaired) electrons. The van der Waals surface area contributed by atoms with Crippen molar-refractivity contribution in [2.24, 2.45) is 0 Å². The molecule has 5 heteroatoms. The number of rotatable bonds is 3. The molecule has 1 aliphatic heterocycles. The van der Waals surface area contributed by atoms with Crippen LogP contribution in [0.3, 0.4) is 0 Å². The van der Waals surface area contributed by atoms with Crippen molar-refractivity contribution in [1.82, 2.24) is 4.90 Å². The van der Waals surface area contributed by atoms with Gasteiger partial charge >= 0.3 is 0 Å². The summed E-state index contributed by atoms with van der Waals surface area (Å²) in [6, 6.07) is 7.55. The number of carbonyl (C=O) groups excluding carboxylic acids is 1. The summed E-state index contributed by atoms with van der Waals surface area (Å²) in [4.78, 5) is 14.2. The fraction of sp³-hybridized carbons (Fsp3) is 0.143. The molecule has 0 atom stereocenters. The van der Waals surface area contributed by atoms with Crippen LogP contribution >= 0.6 is 35.6 Å². The average molecular weight is 310 g/mol. The Balaban J connectivity index is 2.14. The number of hydrogen-bond acceptors (Lipinski definition) is 3. The summed E-state index contributed by atoms with van der Waals surface area (Å²) in [7, 11) is 0. The van der Waals surface area contributed by atoms with Gasteiger partial charge in [-0.2, -0.15) is 0 Å². The highest BCUT2D eigenvalue weighted by Crippen LogP contribution is 2.30. The predicted molar refractivity (Wildman–Crippen MR) is 86.1 cm³/mol. The maximum absolute atomic E-state index is 11.9. The van der Waals surface area contributed by atoms with Gasteiger partial charge in [-0.15, -0.1) is 0 Å². The minimum atomic E-state index is -0.0266. The first kappa shape index (κ1) is 14.3. The van der Waals surface area contributed by atoms with E-state index in [-0.39, 0.29) is 5.91 Å². The Morgan fingerprint density at radius 1 is 1.42 bits per heavy atom. The smallest absolute Gasteiger partial charge is 0.266 e. The number of hydrogen-bond donors (Lipinski definition) is 0. The quantitative estimate of drug-likeness (QED) is 0.619. The predicted octanol–water partition coefficient (Wildman–Crippen LogP) is 4.12. The molecule has 0 aliphatic carbocycles. The van der Waals surface area contributed by atoms with E-state index >= 15 is 0 Å². The Morgan fingerprint density at radius 2 is 2.16 bits per heavy atom. The number of nitrogens with zero attached hydrogens (tertiary/aromatic N) is 1. The largest absolute Gasteiger partial charge is 0.293 e. The summed E-state index contributed by atoms with van der Waals surface area (Å²) in [5.74, 6) is -0.0266. The first-order valence-corrected chi connectivity index (χ1v) is 7.40. The van der Waals surface area contributed by atoms with Gasteiger partial charge in [0.15, 0.2) is 0 Å². The number of halogens is 1. The van der Waals surface area contributed by atoms with E-state index in [1.807, 2.05) is 43.3 Å². The van der Waals surface area contributed by atoms with Crippen molar-refractivity contribution in [2.75, 3.05) is 6.54 Å². The number of benzene rings is 1. The van der Waals surface area contributed by atoms with Crippen LogP contribution in [0, 0.1) is 0 Å². The third-order valence-electron chi connectivity index (χ3n) is 2.62. The number of thiocarbonyl (C=S) groups is 1. The monoisotopic (exact) mass is 309 g/mol. The molecular formula is C14H12ClNOS2. The molecule has 0 N–H and O–H groups in total. The van der Waals surface area contributed by atoms with Gasteiger partial charge in [0.2, 0.25) is 0 Å². The van der Waals surface area contributed by atoms with E-state index in [9.17, 15) is 4.79 Å². The van der Waals surface area contributed by atoms with Crippen molar-refractivity contribution in [1.29, 1.82) is 0 Å². The van der Waals surface area contributed by atoms with E-state index in [4.69, 9.17) is 23.8 Å². The van der Waals surface area contributed by atoms with Crippen molar-refractivity contribution in [2.45, 2.75) is 6.92 Å². The maximum atomic E-state index is 11.9. The molecule has 1 fully saturated rings. The van der Waals surface area contributed by atoms with E-state index in [1.54, 1.807) is 11.0 Å². The van der Waals surface area contributed by atoms with E-state index in [2.05, 4.69) is 0 Å². The molecule has 1 aromatic rings. The van der Waals surface area contributed by atoms with Gasteiger partial charge < -0.3 is 0 Å². The van der Waals surface area contributed by atoms with E-state index in [0.717, 1.165) is 5.56 Å². The van der Waals surface area contributed by atoms with Gasteiger partial charge in [-0.3, -0.25) is 9.69 Å². The molecule has 0 saturated carbocycles. The van der Waals surface area contributed by atoms with Crippen LogP contribution in [0.5, 0.6) is 0 Å². The highest BCUT2D eigenvalue weighted by atomic mass is 35.5. The average Bonchev–Trinajstić information content (AvgIpc) is 2.66. The normalized spacial score (nSPS) is 18.0.